The maximum absolute atomic E-state index is 11.4. The number of carboxylic acids is 1. The zero-order chi connectivity index (χ0) is 28.2. The van der Waals surface area contributed by atoms with Gasteiger partial charge in [-0.1, -0.05) is 44.7 Å². The fourth-order valence-corrected chi connectivity index (χ4v) is 4.22. The van der Waals surface area contributed by atoms with Crippen LogP contribution in [-0.2, 0) is 0 Å². The lowest BCUT2D eigenvalue weighted by Crippen LogP contribution is -2.00. The fraction of sp³-hybridized carbons (Fsp3) is 0.143. The van der Waals surface area contributed by atoms with Crippen molar-refractivity contribution in [1.82, 2.24) is 0 Å². The molecule has 38 heavy (non-hydrogen) atoms. The molecule has 0 aliphatic rings. The van der Waals surface area contributed by atoms with E-state index in [0.717, 1.165) is 10.8 Å². The van der Waals surface area contributed by atoms with Crippen LogP contribution >= 0.6 is 23.1 Å². The van der Waals surface area contributed by atoms with Crippen molar-refractivity contribution in [1.29, 1.82) is 0 Å². The van der Waals surface area contributed by atoms with Crippen molar-refractivity contribution in [3.05, 3.63) is 77.2 Å². The summed E-state index contributed by atoms with van der Waals surface area (Å²) >= 11 is 2.90. The van der Waals surface area contributed by atoms with E-state index in [0.29, 0.717) is 33.8 Å². The molecule has 5 aromatic rings. The minimum absolute atomic E-state index is 0.0380. The van der Waals surface area contributed by atoms with Crippen LogP contribution < -0.4 is 5.32 Å². The number of hydrogen-bond donors (Lipinski definition) is 4. The molecule has 0 bridgehead atoms. The van der Waals surface area contributed by atoms with E-state index in [4.69, 9.17) is 8.83 Å². The minimum Gasteiger partial charge on any atom is -0.504 e. The molecule has 0 aliphatic carbocycles. The lowest BCUT2D eigenvalue weighted by molar-refractivity contribution is 0.0699. The fourth-order valence-electron chi connectivity index (χ4n) is 3.22. The molecule has 3 aromatic heterocycles. The Hall–Kier alpha value is -4.15. The van der Waals surface area contributed by atoms with Crippen LogP contribution in [0.3, 0.4) is 0 Å². The number of anilines is 1. The highest BCUT2D eigenvalue weighted by atomic mass is 32.2. The summed E-state index contributed by atoms with van der Waals surface area (Å²) in [5, 5.41) is 36.2. The average Bonchev–Trinajstić information content (AvgIpc) is 3.67. The van der Waals surface area contributed by atoms with Crippen molar-refractivity contribution in [2.45, 2.75) is 13.8 Å². The standard InChI is InChI=1S/C14H11NO4S.C9H6O3.C3H6S.C2H6/c1-15-8-6-20-13(11(8)14(17)18)10-5-7-3-2-4-9(16)12(7)19-10;10-5-7-4-6-2-1-3-8(11)9(6)12-7;1-3-4-2;1-2/h2-6,15-16H,1H3,(H,17,18);1-5,11H;3H,1H2,2H3;1-2H3. The van der Waals surface area contributed by atoms with Gasteiger partial charge in [-0.25, -0.2) is 4.79 Å². The van der Waals surface area contributed by atoms with E-state index in [-0.39, 0.29) is 22.8 Å². The van der Waals surface area contributed by atoms with Gasteiger partial charge in [-0.2, -0.15) is 0 Å². The van der Waals surface area contributed by atoms with Crippen molar-refractivity contribution in [3.63, 3.8) is 0 Å². The third-order valence-electron chi connectivity index (χ3n) is 4.85. The Bertz CT molecular complexity index is 1510. The molecule has 10 heteroatoms. The molecule has 2 aromatic carbocycles. The molecule has 4 N–H and O–H groups in total. The Labute approximate surface area is 228 Å². The third kappa shape index (κ3) is 6.99. The number of furan rings is 2. The number of aromatic carboxylic acids is 1. The van der Waals surface area contributed by atoms with E-state index in [1.165, 1.54) is 23.5 Å². The summed E-state index contributed by atoms with van der Waals surface area (Å²) in [6, 6.07) is 13.3. The molecule has 0 saturated heterocycles. The topological polar surface area (TPSA) is 133 Å². The highest BCUT2D eigenvalue weighted by Gasteiger charge is 2.22. The molecule has 5 rings (SSSR count). The number of rotatable bonds is 5. The maximum atomic E-state index is 11.4. The first-order valence-electron chi connectivity index (χ1n) is 11.4. The monoisotopic (exact) mass is 555 g/mol. The van der Waals surface area contributed by atoms with Gasteiger partial charge in [0, 0.05) is 23.2 Å². The molecule has 200 valence electrons. The Morgan fingerprint density at radius 2 is 1.58 bits per heavy atom. The molecule has 0 radical (unpaired) electrons. The van der Waals surface area contributed by atoms with E-state index in [9.17, 15) is 24.9 Å². The quantitative estimate of drug-likeness (QED) is 0.159. The summed E-state index contributed by atoms with van der Waals surface area (Å²) in [4.78, 5) is 22.2. The molecule has 8 nitrogen and oxygen atoms in total. The number of carbonyl (C=O) groups is 2. The first-order chi connectivity index (χ1) is 18.3. The van der Waals surface area contributed by atoms with Crippen LogP contribution in [0.1, 0.15) is 34.8 Å². The Morgan fingerprint density at radius 3 is 2.03 bits per heavy atom. The number of carbonyl (C=O) groups excluding carboxylic acids is 1. The SMILES string of the molecule is C=CSC.CC.CNc1csc(-c2cc3cccc(O)c3o2)c1C(=O)O.O=Cc1cc2cccc(O)c2o1. The molecule has 0 atom stereocenters. The molecule has 0 fully saturated rings. The zero-order valence-electron chi connectivity index (χ0n) is 21.3. The highest BCUT2D eigenvalue weighted by Crippen LogP contribution is 2.40. The molecule has 0 spiro atoms. The summed E-state index contributed by atoms with van der Waals surface area (Å²) in [5.41, 5.74) is 1.44. The van der Waals surface area contributed by atoms with Gasteiger partial charge < -0.3 is 29.5 Å². The van der Waals surface area contributed by atoms with Gasteiger partial charge >= 0.3 is 5.97 Å². The summed E-state index contributed by atoms with van der Waals surface area (Å²) in [7, 11) is 1.67. The number of thiophene rings is 1. The van der Waals surface area contributed by atoms with Gasteiger partial charge in [0.15, 0.2) is 34.7 Å². The van der Waals surface area contributed by atoms with Gasteiger partial charge in [-0.05, 0) is 35.9 Å². The van der Waals surface area contributed by atoms with Crippen LogP contribution in [-0.4, -0.2) is 40.9 Å². The predicted octanol–water partition coefficient (Wildman–Crippen LogP) is 8.08. The zero-order valence-corrected chi connectivity index (χ0v) is 23.0. The van der Waals surface area contributed by atoms with Crippen molar-refractivity contribution in [3.8, 4) is 22.1 Å². The molecule has 0 aliphatic heterocycles. The number of benzene rings is 2. The lowest BCUT2D eigenvalue weighted by atomic mass is 10.2. The second-order valence-corrected chi connectivity index (χ2v) is 8.76. The van der Waals surface area contributed by atoms with Gasteiger partial charge in [0.1, 0.15) is 11.3 Å². The van der Waals surface area contributed by atoms with Crippen LogP contribution in [0, 0.1) is 0 Å². The molecular formula is C28H29NO7S2. The second-order valence-electron chi connectivity index (χ2n) is 7.08. The van der Waals surface area contributed by atoms with Crippen LogP contribution in [0.2, 0.25) is 0 Å². The summed E-state index contributed by atoms with van der Waals surface area (Å²) in [5.74, 6) is -0.260. The number of aldehydes is 1. The van der Waals surface area contributed by atoms with Crippen molar-refractivity contribution >= 4 is 63.0 Å². The lowest BCUT2D eigenvalue weighted by Gasteiger charge is -2.00. The minimum atomic E-state index is -1.02. The average molecular weight is 556 g/mol. The number of phenols is 2. The number of hydrogen-bond acceptors (Lipinski definition) is 9. The molecule has 0 amide bonds. The number of carboxylic acid groups (broad SMARTS) is 1. The van der Waals surface area contributed by atoms with Gasteiger partial charge in [0.25, 0.3) is 0 Å². The summed E-state index contributed by atoms with van der Waals surface area (Å²) < 4.78 is 10.6. The predicted molar refractivity (Wildman–Crippen MR) is 156 cm³/mol. The van der Waals surface area contributed by atoms with Crippen LogP contribution in [0.15, 0.2) is 74.7 Å². The van der Waals surface area contributed by atoms with Crippen molar-refractivity contribution in [2.75, 3.05) is 18.6 Å². The van der Waals surface area contributed by atoms with Crippen LogP contribution in [0.25, 0.3) is 32.6 Å². The summed E-state index contributed by atoms with van der Waals surface area (Å²) in [6.45, 7) is 7.44. The first kappa shape index (κ1) is 30.1. The van der Waals surface area contributed by atoms with Crippen molar-refractivity contribution < 1.29 is 33.7 Å². The molecule has 3 heterocycles. The highest BCUT2D eigenvalue weighted by molar-refractivity contribution is 8.01. The number of thioether (sulfide) groups is 1. The molecule has 0 saturated carbocycles. The summed E-state index contributed by atoms with van der Waals surface area (Å²) in [6.07, 6.45) is 2.59. The van der Waals surface area contributed by atoms with E-state index in [2.05, 4.69) is 11.9 Å². The molecular weight excluding hydrogens is 526 g/mol. The van der Waals surface area contributed by atoms with Gasteiger partial charge in [-0.3, -0.25) is 4.79 Å². The first-order valence-corrected chi connectivity index (χ1v) is 13.6. The van der Waals surface area contributed by atoms with E-state index < -0.39 is 5.97 Å². The number of fused-ring (bicyclic) bond motifs is 2. The Kier molecular flexibility index (Phi) is 11.5. The number of para-hydroxylation sites is 2. The van der Waals surface area contributed by atoms with E-state index in [1.54, 1.807) is 66.0 Å². The van der Waals surface area contributed by atoms with E-state index >= 15 is 0 Å². The number of aromatic hydroxyl groups is 2. The van der Waals surface area contributed by atoms with Crippen LogP contribution in [0.4, 0.5) is 5.69 Å². The third-order valence-corrected chi connectivity index (χ3v) is 6.17. The van der Waals surface area contributed by atoms with Gasteiger partial charge in [0.2, 0.25) is 0 Å². The normalized spacial score (nSPS) is 9.79. The second kappa shape index (κ2) is 14.6. The Balaban J connectivity index is 0.000000239. The van der Waals surface area contributed by atoms with E-state index in [1.807, 2.05) is 20.1 Å². The Morgan fingerprint density at radius 1 is 1.03 bits per heavy atom. The van der Waals surface area contributed by atoms with Gasteiger partial charge in [-0.15, -0.1) is 23.1 Å². The number of nitrogens with one attached hydrogen (secondary N) is 1. The number of phenolic OH excluding ortho intramolecular Hbond substituents is 2. The van der Waals surface area contributed by atoms with Gasteiger partial charge in [0.05, 0.1) is 10.6 Å². The maximum Gasteiger partial charge on any atom is 0.339 e. The molecule has 0 unspecified atom stereocenters. The van der Waals surface area contributed by atoms with Crippen LogP contribution in [0.5, 0.6) is 11.5 Å². The largest absolute Gasteiger partial charge is 0.504 e. The smallest absolute Gasteiger partial charge is 0.339 e. The van der Waals surface area contributed by atoms with Crippen molar-refractivity contribution in [2.24, 2.45) is 0 Å².